The molecule has 6 heteroatoms. The number of rotatable bonds is 5. The van der Waals surface area contributed by atoms with E-state index < -0.39 is 0 Å². The number of cyclic esters (lactones) is 1. The molecule has 120 valence electrons. The standard InChI is InChI=1S/C17H18N2O4/c1-12-10-13(14-4-2-3-5-15(14)18-12)11-23-16(20)6-7-19-8-9-22-17(19)21/h2-5,10H,6-9,11H2,1H3. The summed E-state index contributed by atoms with van der Waals surface area (Å²) < 4.78 is 10.2. The van der Waals surface area contributed by atoms with Crippen LogP contribution >= 0.6 is 0 Å². The van der Waals surface area contributed by atoms with E-state index in [2.05, 4.69) is 4.98 Å². The molecule has 1 aromatic heterocycles. The number of nitrogens with zero attached hydrogens (tertiary/aromatic N) is 2. The van der Waals surface area contributed by atoms with Crippen molar-refractivity contribution in [1.82, 2.24) is 9.88 Å². The highest BCUT2D eigenvalue weighted by molar-refractivity contribution is 5.82. The van der Waals surface area contributed by atoms with E-state index in [4.69, 9.17) is 9.47 Å². The van der Waals surface area contributed by atoms with Crippen LogP contribution in [0.4, 0.5) is 4.79 Å². The Bertz CT molecular complexity index is 744. The minimum atomic E-state index is -0.367. The molecule has 1 saturated heterocycles. The van der Waals surface area contributed by atoms with Gasteiger partial charge in [0, 0.05) is 23.2 Å². The van der Waals surface area contributed by atoms with Gasteiger partial charge in [0.25, 0.3) is 0 Å². The van der Waals surface area contributed by atoms with Crippen LogP contribution in [0.5, 0.6) is 0 Å². The van der Waals surface area contributed by atoms with Gasteiger partial charge in [0.2, 0.25) is 0 Å². The maximum Gasteiger partial charge on any atom is 0.409 e. The first-order valence-electron chi connectivity index (χ1n) is 7.56. The number of carbonyl (C=O) groups is 2. The van der Waals surface area contributed by atoms with Gasteiger partial charge in [-0.05, 0) is 19.1 Å². The molecular formula is C17H18N2O4. The van der Waals surface area contributed by atoms with E-state index in [1.807, 2.05) is 37.3 Å². The second kappa shape index (κ2) is 6.64. The molecule has 1 aliphatic rings. The first kappa shape index (κ1) is 15.3. The van der Waals surface area contributed by atoms with Crippen LogP contribution < -0.4 is 0 Å². The number of benzene rings is 1. The van der Waals surface area contributed by atoms with Crippen molar-refractivity contribution < 1.29 is 19.1 Å². The highest BCUT2D eigenvalue weighted by Crippen LogP contribution is 2.19. The van der Waals surface area contributed by atoms with Crippen LogP contribution in [0.15, 0.2) is 30.3 Å². The van der Waals surface area contributed by atoms with E-state index in [0.29, 0.717) is 19.7 Å². The third kappa shape index (κ3) is 3.59. The molecular weight excluding hydrogens is 296 g/mol. The summed E-state index contributed by atoms with van der Waals surface area (Å²) in [6, 6.07) is 9.69. The Morgan fingerprint density at radius 2 is 2.22 bits per heavy atom. The zero-order chi connectivity index (χ0) is 16.2. The van der Waals surface area contributed by atoms with Crippen molar-refractivity contribution in [3.05, 3.63) is 41.6 Å². The molecule has 0 atom stereocenters. The number of esters is 1. The van der Waals surface area contributed by atoms with Crippen molar-refractivity contribution in [2.24, 2.45) is 0 Å². The second-order valence-electron chi connectivity index (χ2n) is 5.45. The van der Waals surface area contributed by atoms with Crippen LogP contribution in [0.2, 0.25) is 0 Å². The lowest BCUT2D eigenvalue weighted by Gasteiger charge is -2.12. The van der Waals surface area contributed by atoms with Crippen molar-refractivity contribution in [2.45, 2.75) is 20.0 Å². The fourth-order valence-corrected chi connectivity index (χ4v) is 2.60. The SMILES string of the molecule is Cc1cc(COC(=O)CCN2CCOC2=O)c2ccccc2n1. The lowest BCUT2D eigenvalue weighted by atomic mass is 10.1. The Kier molecular flexibility index (Phi) is 4.41. The fraction of sp³-hybridized carbons (Fsp3) is 0.353. The Morgan fingerprint density at radius 1 is 1.39 bits per heavy atom. The fourth-order valence-electron chi connectivity index (χ4n) is 2.60. The lowest BCUT2D eigenvalue weighted by molar-refractivity contribution is -0.145. The summed E-state index contributed by atoms with van der Waals surface area (Å²) in [5.41, 5.74) is 2.70. The van der Waals surface area contributed by atoms with Crippen LogP contribution in [0.25, 0.3) is 10.9 Å². The molecule has 1 aliphatic heterocycles. The Hall–Kier alpha value is -2.63. The predicted octanol–water partition coefficient (Wildman–Crippen LogP) is 2.43. The molecule has 2 heterocycles. The number of para-hydroxylation sites is 1. The molecule has 0 spiro atoms. The van der Waals surface area contributed by atoms with E-state index in [1.54, 1.807) is 0 Å². The number of amides is 1. The minimum absolute atomic E-state index is 0.164. The van der Waals surface area contributed by atoms with Crippen molar-refractivity contribution in [3.8, 4) is 0 Å². The third-order valence-corrected chi connectivity index (χ3v) is 3.75. The summed E-state index contributed by atoms with van der Waals surface area (Å²) in [6.07, 6.45) is -0.203. The molecule has 2 aromatic rings. The minimum Gasteiger partial charge on any atom is -0.461 e. The third-order valence-electron chi connectivity index (χ3n) is 3.75. The first-order valence-corrected chi connectivity index (χ1v) is 7.56. The van der Waals surface area contributed by atoms with Crippen molar-refractivity contribution in [2.75, 3.05) is 19.7 Å². The largest absolute Gasteiger partial charge is 0.461 e. The van der Waals surface area contributed by atoms with E-state index in [1.165, 1.54) is 4.90 Å². The molecule has 0 radical (unpaired) electrons. The van der Waals surface area contributed by atoms with Crippen LogP contribution in [0.1, 0.15) is 17.7 Å². The molecule has 3 rings (SSSR count). The maximum absolute atomic E-state index is 11.9. The summed E-state index contributed by atoms with van der Waals surface area (Å²) in [6.45, 7) is 3.36. The molecule has 1 amide bonds. The predicted molar refractivity (Wildman–Crippen MR) is 83.8 cm³/mol. The van der Waals surface area contributed by atoms with Gasteiger partial charge in [0.1, 0.15) is 13.2 Å². The maximum atomic E-state index is 11.9. The molecule has 0 aliphatic carbocycles. The molecule has 0 bridgehead atoms. The molecule has 23 heavy (non-hydrogen) atoms. The Morgan fingerprint density at radius 3 is 3.00 bits per heavy atom. The molecule has 0 saturated carbocycles. The monoisotopic (exact) mass is 314 g/mol. The van der Waals surface area contributed by atoms with Gasteiger partial charge in [-0.1, -0.05) is 18.2 Å². The summed E-state index contributed by atoms with van der Waals surface area (Å²) >= 11 is 0. The van der Waals surface area contributed by atoms with Crippen LogP contribution in [0, 0.1) is 6.92 Å². The number of hydrogen-bond donors (Lipinski definition) is 0. The number of fused-ring (bicyclic) bond motifs is 1. The molecule has 0 unspecified atom stereocenters. The van der Waals surface area contributed by atoms with Crippen LogP contribution in [0.3, 0.4) is 0 Å². The van der Waals surface area contributed by atoms with Gasteiger partial charge in [-0.25, -0.2) is 4.79 Å². The van der Waals surface area contributed by atoms with Gasteiger partial charge >= 0.3 is 12.1 Å². The Balaban J connectivity index is 1.59. The number of carbonyl (C=O) groups excluding carboxylic acids is 2. The first-order chi connectivity index (χ1) is 11.1. The van der Waals surface area contributed by atoms with Crippen molar-refractivity contribution in [1.29, 1.82) is 0 Å². The molecule has 0 N–H and O–H groups in total. The van der Waals surface area contributed by atoms with E-state index in [9.17, 15) is 9.59 Å². The molecule has 1 fully saturated rings. The van der Waals surface area contributed by atoms with Gasteiger partial charge in [-0.3, -0.25) is 9.78 Å². The van der Waals surface area contributed by atoms with Gasteiger partial charge < -0.3 is 14.4 Å². The highest BCUT2D eigenvalue weighted by Gasteiger charge is 2.22. The van der Waals surface area contributed by atoms with Crippen molar-refractivity contribution in [3.63, 3.8) is 0 Å². The van der Waals surface area contributed by atoms with Crippen LogP contribution in [-0.4, -0.2) is 41.6 Å². The quantitative estimate of drug-likeness (QED) is 0.793. The van der Waals surface area contributed by atoms with E-state index >= 15 is 0 Å². The zero-order valence-corrected chi connectivity index (χ0v) is 12.9. The smallest absolute Gasteiger partial charge is 0.409 e. The zero-order valence-electron chi connectivity index (χ0n) is 12.9. The van der Waals surface area contributed by atoms with Gasteiger partial charge in [-0.15, -0.1) is 0 Å². The van der Waals surface area contributed by atoms with Crippen molar-refractivity contribution >= 4 is 23.0 Å². The van der Waals surface area contributed by atoms with E-state index in [0.717, 1.165) is 22.2 Å². The number of hydrogen-bond acceptors (Lipinski definition) is 5. The van der Waals surface area contributed by atoms with Gasteiger partial charge in [0.15, 0.2) is 0 Å². The van der Waals surface area contributed by atoms with Gasteiger partial charge in [-0.2, -0.15) is 0 Å². The highest BCUT2D eigenvalue weighted by atomic mass is 16.6. The topological polar surface area (TPSA) is 68.7 Å². The number of pyridine rings is 1. The summed E-state index contributed by atoms with van der Waals surface area (Å²) in [5.74, 6) is -0.330. The number of aromatic nitrogens is 1. The number of aryl methyl sites for hydroxylation is 1. The van der Waals surface area contributed by atoms with Crippen LogP contribution in [-0.2, 0) is 20.9 Å². The van der Waals surface area contributed by atoms with E-state index in [-0.39, 0.29) is 25.1 Å². The summed E-state index contributed by atoms with van der Waals surface area (Å²) in [4.78, 5) is 29.1. The molecule has 6 nitrogen and oxygen atoms in total. The van der Waals surface area contributed by atoms with Gasteiger partial charge in [0.05, 0.1) is 18.5 Å². The Labute approximate surface area is 134 Å². The summed E-state index contributed by atoms with van der Waals surface area (Å²) in [5, 5.41) is 0.981. The lowest BCUT2D eigenvalue weighted by Crippen LogP contribution is -2.27. The molecule has 1 aromatic carbocycles. The normalized spacial score (nSPS) is 14.1. The average molecular weight is 314 g/mol. The number of ether oxygens (including phenoxy) is 2. The second-order valence-corrected chi connectivity index (χ2v) is 5.45. The average Bonchev–Trinajstić information content (AvgIpc) is 2.95. The summed E-state index contributed by atoms with van der Waals surface area (Å²) in [7, 11) is 0.